The van der Waals surface area contributed by atoms with Gasteiger partial charge in [0.05, 0.1) is 11.0 Å². The molecule has 0 radical (unpaired) electrons. The van der Waals surface area contributed by atoms with Gasteiger partial charge in [-0.1, -0.05) is 30.3 Å². The van der Waals surface area contributed by atoms with Crippen LogP contribution >= 0.6 is 0 Å². The molecule has 1 heterocycles. The van der Waals surface area contributed by atoms with E-state index in [1.807, 2.05) is 30.3 Å². The van der Waals surface area contributed by atoms with Gasteiger partial charge < -0.3 is 14.8 Å². The van der Waals surface area contributed by atoms with Gasteiger partial charge in [-0.05, 0) is 11.6 Å². The molecular weight excluding hydrogens is 284 g/mol. The lowest BCUT2D eigenvalue weighted by molar-refractivity contribution is -0.385. The summed E-state index contributed by atoms with van der Waals surface area (Å²) in [7, 11) is 0. The SMILES string of the molecule is O=[N+]([O-])c1ccc2c(c1)OC(CNCc1ccccc1)CO2. The van der Waals surface area contributed by atoms with Gasteiger partial charge in [-0.15, -0.1) is 0 Å². The quantitative estimate of drug-likeness (QED) is 0.678. The molecule has 1 aliphatic heterocycles. The summed E-state index contributed by atoms with van der Waals surface area (Å²) in [6.07, 6.45) is -0.168. The van der Waals surface area contributed by atoms with Crippen LogP contribution < -0.4 is 14.8 Å². The monoisotopic (exact) mass is 300 g/mol. The molecule has 2 aromatic rings. The van der Waals surface area contributed by atoms with E-state index < -0.39 is 4.92 Å². The largest absolute Gasteiger partial charge is 0.486 e. The molecule has 6 heteroatoms. The Morgan fingerprint density at radius 2 is 2.00 bits per heavy atom. The molecule has 3 rings (SSSR count). The number of nitro benzene ring substituents is 1. The zero-order valence-corrected chi connectivity index (χ0v) is 11.9. The van der Waals surface area contributed by atoms with Crippen molar-refractivity contribution < 1.29 is 14.4 Å². The highest BCUT2D eigenvalue weighted by Gasteiger charge is 2.23. The van der Waals surface area contributed by atoms with Crippen LogP contribution in [0.4, 0.5) is 5.69 Å². The summed E-state index contributed by atoms with van der Waals surface area (Å²) in [5.41, 5.74) is 1.19. The fourth-order valence-electron chi connectivity index (χ4n) is 2.29. The van der Waals surface area contributed by atoms with Crippen LogP contribution in [0.3, 0.4) is 0 Å². The van der Waals surface area contributed by atoms with E-state index in [0.29, 0.717) is 24.7 Å². The van der Waals surface area contributed by atoms with E-state index in [4.69, 9.17) is 9.47 Å². The van der Waals surface area contributed by atoms with Crippen LogP contribution in [0.1, 0.15) is 5.56 Å². The lowest BCUT2D eigenvalue weighted by Crippen LogP contribution is -2.38. The molecule has 22 heavy (non-hydrogen) atoms. The average Bonchev–Trinajstić information content (AvgIpc) is 2.55. The highest BCUT2D eigenvalue weighted by Crippen LogP contribution is 2.34. The maximum Gasteiger partial charge on any atom is 0.273 e. The van der Waals surface area contributed by atoms with Crippen LogP contribution in [-0.2, 0) is 6.54 Å². The summed E-state index contributed by atoms with van der Waals surface area (Å²) in [6.45, 7) is 1.77. The smallest absolute Gasteiger partial charge is 0.273 e. The van der Waals surface area contributed by atoms with Gasteiger partial charge in [-0.2, -0.15) is 0 Å². The summed E-state index contributed by atoms with van der Waals surface area (Å²) in [5.74, 6) is 0.969. The van der Waals surface area contributed by atoms with Gasteiger partial charge in [0.25, 0.3) is 5.69 Å². The topological polar surface area (TPSA) is 73.6 Å². The molecule has 1 unspecified atom stereocenters. The number of hydrogen-bond acceptors (Lipinski definition) is 5. The molecule has 0 fully saturated rings. The van der Waals surface area contributed by atoms with Gasteiger partial charge in [0.1, 0.15) is 12.7 Å². The van der Waals surface area contributed by atoms with Crippen LogP contribution in [0.2, 0.25) is 0 Å². The van der Waals surface area contributed by atoms with E-state index in [2.05, 4.69) is 5.32 Å². The third-order valence-electron chi connectivity index (χ3n) is 3.40. The Morgan fingerprint density at radius 3 is 2.77 bits per heavy atom. The summed E-state index contributed by atoms with van der Waals surface area (Å²) >= 11 is 0. The minimum atomic E-state index is -0.444. The molecule has 2 aromatic carbocycles. The lowest BCUT2D eigenvalue weighted by Gasteiger charge is -2.26. The molecule has 0 saturated heterocycles. The summed E-state index contributed by atoms with van der Waals surface area (Å²) < 4.78 is 11.4. The maximum atomic E-state index is 10.8. The Kier molecular flexibility index (Phi) is 4.20. The van der Waals surface area contributed by atoms with Crippen molar-refractivity contribution in [3.8, 4) is 11.5 Å². The minimum absolute atomic E-state index is 0.000227. The first-order valence-electron chi connectivity index (χ1n) is 7.05. The highest BCUT2D eigenvalue weighted by atomic mass is 16.6. The van der Waals surface area contributed by atoms with Crippen molar-refractivity contribution in [1.29, 1.82) is 0 Å². The van der Waals surface area contributed by atoms with E-state index in [1.54, 1.807) is 6.07 Å². The van der Waals surface area contributed by atoms with Gasteiger partial charge in [0.15, 0.2) is 11.5 Å². The van der Waals surface area contributed by atoms with Crippen molar-refractivity contribution >= 4 is 5.69 Å². The first kappa shape index (κ1) is 14.3. The van der Waals surface area contributed by atoms with Crippen LogP contribution in [0.25, 0.3) is 0 Å². The molecule has 0 aliphatic carbocycles. The number of benzene rings is 2. The van der Waals surface area contributed by atoms with Crippen molar-refractivity contribution in [3.63, 3.8) is 0 Å². The second-order valence-corrected chi connectivity index (χ2v) is 5.06. The first-order chi connectivity index (χ1) is 10.7. The van der Waals surface area contributed by atoms with Gasteiger partial charge in [0.2, 0.25) is 0 Å². The summed E-state index contributed by atoms with van der Waals surface area (Å²) in [4.78, 5) is 10.4. The Morgan fingerprint density at radius 1 is 1.18 bits per heavy atom. The third-order valence-corrected chi connectivity index (χ3v) is 3.40. The molecule has 114 valence electrons. The second kappa shape index (κ2) is 6.44. The van der Waals surface area contributed by atoms with E-state index >= 15 is 0 Å². The van der Waals surface area contributed by atoms with Crippen molar-refractivity contribution in [1.82, 2.24) is 5.32 Å². The third kappa shape index (κ3) is 3.35. The molecule has 0 aromatic heterocycles. The Hall–Kier alpha value is -2.60. The molecule has 0 bridgehead atoms. The standard InChI is InChI=1S/C16H16N2O4/c19-18(20)13-6-7-15-16(8-13)22-14(11-21-15)10-17-9-12-4-2-1-3-5-12/h1-8,14,17H,9-11H2. The van der Waals surface area contributed by atoms with Crippen LogP contribution in [0.5, 0.6) is 11.5 Å². The number of nitrogens with zero attached hydrogens (tertiary/aromatic N) is 1. The fraction of sp³-hybridized carbons (Fsp3) is 0.250. The van der Waals surface area contributed by atoms with Gasteiger partial charge >= 0.3 is 0 Å². The molecule has 6 nitrogen and oxygen atoms in total. The zero-order valence-electron chi connectivity index (χ0n) is 11.9. The van der Waals surface area contributed by atoms with Crippen molar-refractivity contribution in [2.24, 2.45) is 0 Å². The molecule has 0 saturated carbocycles. The predicted molar refractivity (Wildman–Crippen MR) is 81.2 cm³/mol. The number of nitrogens with one attached hydrogen (secondary N) is 1. The van der Waals surface area contributed by atoms with E-state index in [-0.39, 0.29) is 11.8 Å². The fourth-order valence-corrected chi connectivity index (χ4v) is 2.29. The van der Waals surface area contributed by atoms with Gasteiger partial charge in [-0.3, -0.25) is 10.1 Å². The predicted octanol–water partition coefficient (Wildman–Crippen LogP) is 2.52. The highest BCUT2D eigenvalue weighted by molar-refractivity contribution is 5.49. The average molecular weight is 300 g/mol. The van der Waals surface area contributed by atoms with Crippen LogP contribution in [-0.4, -0.2) is 24.2 Å². The Bertz CT molecular complexity index is 660. The molecule has 1 N–H and O–H groups in total. The van der Waals surface area contributed by atoms with E-state index in [1.165, 1.54) is 17.7 Å². The van der Waals surface area contributed by atoms with Crippen LogP contribution in [0.15, 0.2) is 48.5 Å². The number of fused-ring (bicyclic) bond motifs is 1. The zero-order chi connectivity index (χ0) is 15.4. The van der Waals surface area contributed by atoms with Crippen LogP contribution in [0, 0.1) is 10.1 Å². The van der Waals surface area contributed by atoms with E-state index in [9.17, 15) is 10.1 Å². The number of rotatable bonds is 5. The summed E-state index contributed by atoms with van der Waals surface area (Å²) in [6, 6.07) is 14.4. The molecule has 1 aliphatic rings. The molecule has 0 amide bonds. The number of non-ortho nitro benzene ring substituents is 1. The van der Waals surface area contributed by atoms with E-state index in [0.717, 1.165) is 6.54 Å². The van der Waals surface area contributed by atoms with Gasteiger partial charge in [-0.25, -0.2) is 0 Å². The molecular formula is C16H16N2O4. The normalized spacial score (nSPS) is 16.3. The molecule has 0 spiro atoms. The first-order valence-corrected chi connectivity index (χ1v) is 7.05. The van der Waals surface area contributed by atoms with Gasteiger partial charge in [0, 0.05) is 19.2 Å². The van der Waals surface area contributed by atoms with Crippen molar-refractivity contribution in [2.75, 3.05) is 13.2 Å². The summed E-state index contributed by atoms with van der Waals surface area (Å²) in [5, 5.41) is 14.1. The minimum Gasteiger partial charge on any atom is -0.486 e. The van der Waals surface area contributed by atoms with Crippen molar-refractivity contribution in [2.45, 2.75) is 12.6 Å². The maximum absolute atomic E-state index is 10.8. The Balaban J connectivity index is 1.57. The number of hydrogen-bond donors (Lipinski definition) is 1. The van der Waals surface area contributed by atoms with Crippen molar-refractivity contribution in [3.05, 3.63) is 64.2 Å². The molecule has 1 atom stereocenters. The number of ether oxygens (including phenoxy) is 2. The number of nitro groups is 1. The lowest BCUT2D eigenvalue weighted by atomic mass is 10.2. The Labute approximate surface area is 127 Å². The second-order valence-electron chi connectivity index (χ2n) is 5.06.